The minimum atomic E-state index is -0.603. The smallest absolute Gasteiger partial charge is 0.167 e. The van der Waals surface area contributed by atoms with Crippen molar-refractivity contribution < 1.29 is 4.74 Å². The van der Waals surface area contributed by atoms with Crippen molar-refractivity contribution in [3.63, 3.8) is 0 Å². The van der Waals surface area contributed by atoms with Gasteiger partial charge in [-0.3, -0.25) is 0 Å². The molecule has 1 saturated heterocycles. The van der Waals surface area contributed by atoms with Crippen LogP contribution in [0.3, 0.4) is 0 Å². The van der Waals surface area contributed by atoms with Crippen molar-refractivity contribution in [2.45, 2.75) is 24.5 Å². The van der Waals surface area contributed by atoms with Crippen molar-refractivity contribution in [2.75, 3.05) is 13.7 Å². The lowest BCUT2D eigenvalue weighted by molar-refractivity contribution is -0.0265. The quantitative estimate of drug-likeness (QED) is 0.611. The maximum absolute atomic E-state index is 6.39. The van der Waals surface area contributed by atoms with Crippen LogP contribution in [0.15, 0.2) is 73.1 Å². The normalized spacial score (nSPS) is 17.1. The van der Waals surface area contributed by atoms with Gasteiger partial charge in [-0.1, -0.05) is 72.9 Å². The number of nitrogens with zero attached hydrogens (tertiary/aromatic N) is 3. The summed E-state index contributed by atoms with van der Waals surface area (Å²) in [6.45, 7) is 0.904. The van der Waals surface area contributed by atoms with Gasteiger partial charge in [0.2, 0.25) is 0 Å². The lowest BCUT2D eigenvalue weighted by Gasteiger charge is -2.43. The molecule has 1 aliphatic heterocycles. The topological polar surface area (TPSA) is 30.3 Å². The van der Waals surface area contributed by atoms with Crippen LogP contribution in [0.5, 0.6) is 0 Å². The molecular formula is C23H25N3OS. The van der Waals surface area contributed by atoms with E-state index in [1.54, 1.807) is 13.3 Å². The molecule has 2 heterocycles. The monoisotopic (exact) mass is 391 g/mol. The number of methoxy groups -OCH3 is 1. The predicted molar refractivity (Wildman–Crippen MR) is 115 cm³/mol. The highest BCUT2D eigenvalue weighted by molar-refractivity contribution is 7.80. The SMILES string of the molecule is COC(c1ccccc1)(c1ccccc1)[C@@H]1CCCN1C(=S)c1nccn1C. The van der Waals surface area contributed by atoms with Crippen LogP contribution < -0.4 is 0 Å². The molecule has 0 N–H and O–H groups in total. The summed E-state index contributed by atoms with van der Waals surface area (Å²) in [5.74, 6) is 0.827. The highest BCUT2D eigenvalue weighted by atomic mass is 32.1. The third-order valence-corrected chi connectivity index (χ3v) is 6.14. The molecule has 4 nitrogen and oxygen atoms in total. The lowest BCUT2D eigenvalue weighted by atomic mass is 9.78. The number of benzene rings is 2. The van der Waals surface area contributed by atoms with Crippen LogP contribution in [0.1, 0.15) is 29.8 Å². The second kappa shape index (κ2) is 7.86. The molecule has 28 heavy (non-hydrogen) atoms. The second-order valence-electron chi connectivity index (χ2n) is 7.19. The second-order valence-corrected chi connectivity index (χ2v) is 7.58. The number of hydrogen-bond donors (Lipinski definition) is 0. The third-order valence-electron chi connectivity index (χ3n) is 5.72. The molecule has 0 aliphatic carbocycles. The maximum Gasteiger partial charge on any atom is 0.167 e. The van der Waals surface area contributed by atoms with E-state index in [9.17, 15) is 0 Å². The Kier molecular flexibility index (Phi) is 5.29. The Labute approximate surface area is 171 Å². The van der Waals surface area contributed by atoms with Gasteiger partial charge in [0.05, 0.1) is 6.04 Å². The average Bonchev–Trinajstić information content (AvgIpc) is 3.40. The molecule has 3 aromatic rings. The summed E-state index contributed by atoms with van der Waals surface area (Å²) in [6.07, 6.45) is 5.80. The average molecular weight is 392 g/mol. The molecule has 0 spiro atoms. The Morgan fingerprint density at radius 3 is 2.18 bits per heavy atom. The first-order valence-corrected chi connectivity index (χ1v) is 10.0. The fraction of sp³-hybridized carbons (Fsp3) is 0.304. The Bertz CT molecular complexity index is 899. The zero-order valence-corrected chi connectivity index (χ0v) is 17.1. The number of aromatic nitrogens is 2. The summed E-state index contributed by atoms with van der Waals surface area (Å²) in [5.41, 5.74) is 1.68. The molecule has 5 heteroatoms. The highest BCUT2D eigenvalue weighted by Gasteiger charge is 2.48. The van der Waals surface area contributed by atoms with Gasteiger partial charge in [0.1, 0.15) is 10.6 Å². The highest BCUT2D eigenvalue weighted by Crippen LogP contribution is 2.43. The first kappa shape index (κ1) is 18.8. The summed E-state index contributed by atoms with van der Waals surface area (Å²) in [5, 5.41) is 0. The van der Waals surface area contributed by atoms with E-state index >= 15 is 0 Å². The van der Waals surface area contributed by atoms with E-state index in [1.165, 1.54) is 0 Å². The minimum Gasteiger partial charge on any atom is -0.367 e. The lowest BCUT2D eigenvalue weighted by Crippen LogP contribution is -2.51. The number of ether oxygens (including phenoxy) is 1. The summed E-state index contributed by atoms with van der Waals surface area (Å²) < 4.78 is 8.38. The van der Waals surface area contributed by atoms with Crippen LogP contribution in [-0.4, -0.2) is 39.1 Å². The summed E-state index contributed by atoms with van der Waals surface area (Å²) in [6, 6.07) is 21.1. The van der Waals surface area contributed by atoms with Crippen LogP contribution in [-0.2, 0) is 17.4 Å². The molecule has 2 aromatic carbocycles. The van der Waals surface area contributed by atoms with E-state index in [4.69, 9.17) is 17.0 Å². The molecule has 1 atom stereocenters. The number of likely N-dealkylation sites (tertiary alicyclic amines) is 1. The van der Waals surface area contributed by atoms with Crippen molar-refractivity contribution >= 4 is 17.2 Å². The van der Waals surface area contributed by atoms with Crippen molar-refractivity contribution in [3.05, 3.63) is 90.0 Å². The molecule has 4 rings (SSSR count). The molecule has 144 valence electrons. The first-order valence-electron chi connectivity index (χ1n) is 9.63. The van der Waals surface area contributed by atoms with Gasteiger partial charge in [-0.2, -0.15) is 0 Å². The van der Waals surface area contributed by atoms with Gasteiger partial charge < -0.3 is 14.2 Å². The largest absolute Gasteiger partial charge is 0.367 e. The fourth-order valence-electron chi connectivity index (χ4n) is 4.43. The zero-order chi connectivity index (χ0) is 19.6. The van der Waals surface area contributed by atoms with Gasteiger partial charge in [0.25, 0.3) is 0 Å². The van der Waals surface area contributed by atoms with Crippen molar-refractivity contribution in [1.82, 2.24) is 14.5 Å². The van der Waals surface area contributed by atoms with Gasteiger partial charge in [-0.25, -0.2) is 4.98 Å². The molecular weight excluding hydrogens is 366 g/mol. The van der Waals surface area contributed by atoms with Gasteiger partial charge in [0, 0.05) is 33.1 Å². The van der Waals surface area contributed by atoms with Gasteiger partial charge in [0.15, 0.2) is 5.82 Å². The molecule has 0 radical (unpaired) electrons. The van der Waals surface area contributed by atoms with Crippen molar-refractivity contribution in [2.24, 2.45) is 7.05 Å². The van der Waals surface area contributed by atoms with Gasteiger partial charge in [-0.15, -0.1) is 0 Å². The Hall–Kier alpha value is -2.50. The Morgan fingerprint density at radius 2 is 1.68 bits per heavy atom. The van der Waals surface area contributed by atoms with Crippen LogP contribution in [0.4, 0.5) is 0 Å². The number of imidazole rings is 1. The van der Waals surface area contributed by atoms with E-state index in [1.807, 2.05) is 29.9 Å². The van der Waals surface area contributed by atoms with E-state index in [0.29, 0.717) is 0 Å². The number of rotatable bonds is 5. The molecule has 1 fully saturated rings. The molecule has 0 amide bonds. The zero-order valence-electron chi connectivity index (χ0n) is 16.3. The van der Waals surface area contributed by atoms with Gasteiger partial charge >= 0.3 is 0 Å². The van der Waals surface area contributed by atoms with Crippen LogP contribution in [0, 0.1) is 0 Å². The number of aryl methyl sites for hydroxylation is 1. The summed E-state index contributed by atoms with van der Waals surface area (Å²) in [7, 11) is 3.79. The molecule has 1 aliphatic rings. The third kappa shape index (κ3) is 3.05. The van der Waals surface area contributed by atoms with Crippen molar-refractivity contribution in [1.29, 1.82) is 0 Å². The molecule has 0 bridgehead atoms. The van der Waals surface area contributed by atoms with Crippen molar-refractivity contribution in [3.8, 4) is 0 Å². The van der Waals surface area contributed by atoms with Crippen LogP contribution >= 0.6 is 12.2 Å². The Morgan fingerprint density at radius 1 is 1.07 bits per heavy atom. The van der Waals surface area contributed by atoms with Crippen LogP contribution in [0.25, 0.3) is 0 Å². The van der Waals surface area contributed by atoms with E-state index in [2.05, 4.69) is 58.4 Å². The summed E-state index contributed by atoms with van der Waals surface area (Å²) in [4.78, 5) is 7.57. The van der Waals surface area contributed by atoms with Crippen LogP contribution in [0.2, 0.25) is 0 Å². The Balaban J connectivity index is 1.84. The van der Waals surface area contributed by atoms with Gasteiger partial charge in [-0.05, 0) is 24.0 Å². The maximum atomic E-state index is 6.39. The standard InChI is InChI=1S/C23H25N3OS/c1-25-17-15-24-21(25)22(28)26-16-9-14-20(26)23(27-2,18-10-5-3-6-11-18)19-12-7-4-8-13-19/h3-8,10-13,15,17,20H,9,14,16H2,1-2H3/t20-/m0/s1. The summed E-state index contributed by atoms with van der Waals surface area (Å²) >= 11 is 5.90. The minimum absolute atomic E-state index is 0.0894. The number of thiocarbonyl (C=S) groups is 1. The first-order chi connectivity index (χ1) is 13.7. The molecule has 0 unspecified atom stereocenters. The van der Waals surface area contributed by atoms with E-state index in [-0.39, 0.29) is 6.04 Å². The number of hydrogen-bond acceptors (Lipinski definition) is 3. The fourth-order valence-corrected chi connectivity index (χ4v) is 4.84. The molecule has 1 aromatic heterocycles. The predicted octanol–water partition coefficient (Wildman–Crippen LogP) is 4.15. The van der Waals surface area contributed by atoms with E-state index in [0.717, 1.165) is 41.3 Å². The van der Waals surface area contributed by atoms with E-state index < -0.39 is 5.60 Å². The molecule has 0 saturated carbocycles.